The fourth-order valence-corrected chi connectivity index (χ4v) is 4.11. The van der Waals surface area contributed by atoms with Gasteiger partial charge in [-0.15, -0.1) is 0 Å². The first-order chi connectivity index (χ1) is 18.0. The van der Waals surface area contributed by atoms with Crippen molar-refractivity contribution in [3.05, 3.63) is 71.8 Å². The molecule has 2 aromatic carbocycles. The fourth-order valence-electron chi connectivity index (χ4n) is 4.11. The molecule has 0 radical (unpaired) electrons. The minimum atomic E-state index is -0.722. The van der Waals surface area contributed by atoms with Gasteiger partial charge in [0, 0.05) is 36.5 Å². The van der Waals surface area contributed by atoms with Gasteiger partial charge in [0.2, 0.25) is 0 Å². The van der Waals surface area contributed by atoms with Crippen LogP contribution in [0.4, 0.5) is 10.1 Å². The largest absolute Gasteiger partial charge is 0.493 e. The van der Waals surface area contributed by atoms with Gasteiger partial charge in [0.05, 0.1) is 38.8 Å². The molecule has 2 aromatic heterocycles. The van der Waals surface area contributed by atoms with Gasteiger partial charge in [-0.2, -0.15) is 5.10 Å². The van der Waals surface area contributed by atoms with Crippen LogP contribution in [0.25, 0.3) is 16.9 Å². The molecule has 3 heterocycles. The highest BCUT2D eigenvalue weighted by Crippen LogP contribution is 2.32. The third kappa shape index (κ3) is 4.81. The number of anilines is 1. The molecule has 1 aliphatic heterocycles. The van der Waals surface area contributed by atoms with Gasteiger partial charge in [-0.1, -0.05) is 0 Å². The Hall–Kier alpha value is -4.51. The predicted octanol–water partition coefficient (Wildman–Crippen LogP) is 3.28. The molecule has 4 aromatic rings. The molecule has 11 heteroatoms. The molecule has 1 aliphatic rings. The molecule has 0 bridgehead atoms. The van der Waals surface area contributed by atoms with E-state index in [1.54, 1.807) is 43.5 Å². The highest BCUT2D eigenvalue weighted by atomic mass is 19.1. The monoisotopic (exact) mass is 505 g/mol. The van der Waals surface area contributed by atoms with Crippen LogP contribution in [-0.4, -0.2) is 71.8 Å². The minimum absolute atomic E-state index is 0.0493. The summed E-state index contributed by atoms with van der Waals surface area (Å²) in [4.78, 5) is 31.4. The van der Waals surface area contributed by atoms with Crippen LogP contribution >= 0.6 is 0 Å². The number of carbonyl (C=O) groups is 2. The van der Waals surface area contributed by atoms with Crippen LogP contribution in [-0.2, 0) is 4.74 Å². The van der Waals surface area contributed by atoms with Crippen LogP contribution < -0.4 is 14.8 Å². The van der Waals surface area contributed by atoms with Crippen molar-refractivity contribution in [1.29, 1.82) is 0 Å². The maximum atomic E-state index is 14.8. The minimum Gasteiger partial charge on any atom is -0.493 e. The standard InChI is InChI=1S/C26H24FN5O5/c1-35-22-6-4-16(14-23(22)36-2)21-7-8-28-24-15-20(30-32(21)24)25(33)29-19-5-3-17(13-18(19)27)26(34)31-9-11-37-12-10-31/h3-8,13-15H,9-12H2,1-2H3,(H,29,33). The Morgan fingerprint density at radius 1 is 1.00 bits per heavy atom. The Balaban J connectivity index is 1.38. The van der Waals surface area contributed by atoms with E-state index < -0.39 is 11.7 Å². The number of halogens is 1. The highest BCUT2D eigenvalue weighted by Gasteiger charge is 2.21. The zero-order valence-corrected chi connectivity index (χ0v) is 20.2. The number of benzene rings is 2. The van der Waals surface area contributed by atoms with Gasteiger partial charge >= 0.3 is 0 Å². The lowest BCUT2D eigenvalue weighted by atomic mass is 10.1. The van der Waals surface area contributed by atoms with Crippen LogP contribution in [0, 0.1) is 5.82 Å². The Kier molecular flexibility index (Phi) is 6.69. The van der Waals surface area contributed by atoms with Crippen molar-refractivity contribution in [1.82, 2.24) is 19.5 Å². The number of hydrogen-bond donors (Lipinski definition) is 1. The van der Waals surface area contributed by atoms with Crippen LogP contribution in [0.3, 0.4) is 0 Å². The van der Waals surface area contributed by atoms with Crippen molar-refractivity contribution in [2.24, 2.45) is 0 Å². The first-order valence-electron chi connectivity index (χ1n) is 11.5. The maximum absolute atomic E-state index is 14.8. The highest BCUT2D eigenvalue weighted by molar-refractivity contribution is 6.04. The number of carbonyl (C=O) groups excluding carboxylic acids is 2. The zero-order valence-electron chi connectivity index (χ0n) is 20.2. The average Bonchev–Trinajstić information content (AvgIpc) is 3.38. The second-order valence-electron chi connectivity index (χ2n) is 8.25. The van der Waals surface area contributed by atoms with E-state index in [2.05, 4.69) is 15.4 Å². The second kappa shape index (κ2) is 10.2. The number of methoxy groups -OCH3 is 2. The zero-order chi connectivity index (χ0) is 25.9. The Morgan fingerprint density at radius 3 is 2.51 bits per heavy atom. The van der Waals surface area contributed by atoms with Crippen molar-refractivity contribution in [3.8, 4) is 22.8 Å². The smallest absolute Gasteiger partial charge is 0.276 e. The number of nitrogens with zero attached hydrogens (tertiary/aromatic N) is 4. The van der Waals surface area contributed by atoms with Gasteiger partial charge in [0.1, 0.15) is 5.82 Å². The van der Waals surface area contributed by atoms with E-state index in [1.165, 1.54) is 22.7 Å². The molecule has 1 fully saturated rings. The lowest BCUT2D eigenvalue weighted by molar-refractivity contribution is 0.0302. The molecule has 190 valence electrons. The van der Waals surface area contributed by atoms with Crippen LogP contribution in [0.5, 0.6) is 11.5 Å². The van der Waals surface area contributed by atoms with E-state index in [9.17, 15) is 14.0 Å². The van der Waals surface area contributed by atoms with Crippen LogP contribution in [0.15, 0.2) is 54.7 Å². The van der Waals surface area contributed by atoms with Gasteiger partial charge in [-0.25, -0.2) is 13.9 Å². The first-order valence-corrected chi connectivity index (χ1v) is 11.5. The quantitative estimate of drug-likeness (QED) is 0.429. The van der Waals surface area contributed by atoms with E-state index in [0.717, 1.165) is 11.6 Å². The molecular formula is C26H24FN5O5. The number of amides is 2. The molecule has 0 saturated carbocycles. The molecule has 10 nitrogen and oxygen atoms in total. The number of morpholine rings is 1. The van der Waals surface area contributed by atoms with Crippen molar-refractivity contribution >= 4 is 23.1 Å². The third-order valence-corrected chi connectivity index (χ3v) is 6.03. The van der Waals surface area contributed by atoms with Gasteiger partial charge in [0.25, 0.3) is 11.8 Å². The average molecular weight is 506 g/mol. The summed E-state index contributed by atoms with van der Waals surface area (Å²) in [5.41, 5.74) is 2.06. The lowest BCUT2D eigenvalue weighted by Gasteiger charge is -2.26. The number of fused-ring (bicyclic) bond motifs is 1. The van der Waals surface area contributed by atoms with E-state index in [4.69, 9.17) is 14.2 Å². The summed E-state index contributed by atoms with van der Waals surface area (Å²) in [7, 11) is 3.10. The molecule has 0 aliphatic carbocycles. The Bertz CT molecular complexity index is 1480. The van der Waals surface area contributed by atoms with Gasteiger partial charge in [-0.3, -0.25) is 9.59 Å². The van der Waals surface area contributed by atoms with Gasteiger partial charge < -0.3 is 24.4 Å². The number of ether oxygens (including phenoxy) is 3. The van der Waals surface area contributed by atoms with E-state index in [-0.39, 0.29) is 22.9 Å². The van der Waals surface area contributed by atoms with Crippen molar-refractivity contribution in [3.63, 3.8) is 0 Å². The Labute approximate surface area is 211 Å². The molecule has 37 heavy (non-hydrogen) atoms. The molecule has 5 rings (SSSR count). The van der Waals surface area contributed by atoms with Crippen LogP contribution in [0.2, 0.25) is 0 Å². The first kappa shape index (κ1) is 24.2. The van der Waals surface area contributed by atoms with E-state index >= 15 is 0 Å². The SMILES string of the molecule is COc1ccc(-c2ccnc3cc(C(=O)Nc4ccc(C(=O)N5CCOCC5)cc4F)nn23)cc1OC. The number of nitrogens with one attached hydrogen (secondary N) is 1. The van der Waals surface area contributed by atoms with Crippen LogP contribution in [0.1, 0.15) is 20.8 Å². The molecule has 1 N–H and O–H groups in total. The number of rotatable bonds is 6. The topological polar surface area (TPSA) is 107 Å². The second-order valence-corrected chi connectivity index (χ2v) is 8.25. The normalized spacial score (nSPS) is 13.4. The van der Waals surface area contributed by atoms with Crippen molar-refractivity contribution in [2.45, 2.75) is 0 Å². The predicted molar refractivity (Wildman–Crippen MR) is 133 cm³/mol. The van der Waals surface area contributed by atoms with E-state index in [1.807, 2.05) is 6.07 Å². The van der Waals surface area contributed by atoms with Gasteiger partial charge in [0.15, 0.2) is 22.8 Å². The summed E-state index contributed by atoms with van der Waals surface area (Å²) < 4.78 is 32.3. The third-order valence-electron chi connectivity index (χ3n) is 6.03. The molecule has 0 unspecified atom stereocenters. The number of aromatic nitrogens is 3. The molecule has 1 saturated heterocycles. The summed E-state index contributed by atoms with van der Waals surface area (Å²) in [5.74, 6) is -0.498. The molecule has 0 spiro atoms. The maximum Gasteiger partial charge on any atom is 0.276 e. The summed E-state index contributed by atoms with van der Waals surface area (Å²) >= 11 is 0. The fraction of sp³-hybridized carbons (Fsp3) is 0.231. The lowest BCUT2D eigenvalue weighted by Crippen LogP contribution is -2.40. The molecule has 2 amide bonds. The van der Waals surface area contributed by atoms with Crippen molar-refractivity contribution in [2.75, 3.05) is 45.8 Å². The Morgan fingerprint density at radius 2 is 1.78 bits per heavy atom. The summed E-state index contributed by atoms with van der Waals surface area (Å²) in [6, 6.07) is 12.6. The summed E-state index contributed by atoms with van der Waals surface area (Å²) in [6.07, 6.45) is 1.61. The summed E-state index contributed by atoms with van der Waals surface area (Å²) in [6.45, 7) is 1.80. The molecule has 0 atom stereocenters. The number of hydrogen-bond acceptors (Lipinski definition) is 7. The van der Waals surface area contributed by atoms with Gasteiger partial charge in [-0.05, 0) is 42.5 Å². The summed E-state index contributed by atoms with van der Waals surface area (Å²) in [5, 5.41) is 6.92. The van der Waals surface area contributed by atoms with E-state index in [0.29, 0.717) is 49.1 Å². The van der Waals surface area contributed by atoms with Crippen molar-refractivity contribution < 1.29 is 28.2 Å². The molecular weight excluding hydrogens is 481 g/mol.